The Kier molecular flexibility index (Phi) is 9.90. The number of sulfone groups is 1. The van der Waals surface area contributed by atoms with Gasteiger partial charge in [-0.3, -0.25) is 4.99 Å². The lowest BCUT2D eigenvalue weighted by Crippen LogP contribution is -2.48. The first-order valence-electron chi connectivity index (χ1n) is 10.3. The van der Waals surface area contributed by atoms with Gasteiger partial charge in [0.1, 0.15) is 5.82 Å². The van der Waals surface area contributed by atoms with Gasteiger partial charge in [0, 0.05) is 45.0 Å². The molecule has 0 spiro atoms. The van der Waals surface area contributed by atoms with Crippen LogP contribution in [0.1, 0.15) is 29.5 Å². The van der Waals surface area contributed by atoms with Gasteiger partial charge in [0.2, 0.25) is 0 Å². The molecule has 3 rings (SSSR count). The van der Waals surface area contributed by atoms with Crippen molar-refractivity contribution in [3.05, 3.63) is 71.0 Å². The molecule has 0 unspecified atom stereocenters. The second-order valence-corrected chi connectivity index (χ2v) is 10.2. The summed E-state index contributed by atoms with van der Waals surface area (Å²) in [5.74, 6) is 0.0478. The molecular formula is C23H31FIN3O3S. The minimum atomic E-state index is -3.23. The fourth-order valence-electron chi connectivity index (χ4n) is 3.96. The van der Waals surface area contributed by atoms with Gasteiger partial charge in [0.05, 0.1) is 5.75 Å². The van der Waals surface area contributed by atoms with E-state index in [0.717, 1.165) is 12.8 Å². The van der Waals surface area contributed by atoms with E-state index in [-0.39, 0.29) is 41.7 Å². The van der Waals surface area contributed by atoms with Crippen LogP contribution in [0.5, 0.6) is 0 Å². The van der Waals surface area contributed by atoms with Gasteiger partial charge >= 0.3 is 0 Å². The predicted molar refractivity (Wildman–Crippen MR) is 137 cm³/mol. The number of hydrogen-bond acceptors (Lipinski definition) is 4. The normalized spacial score (nSPS) is 16.2. The quantitative estimate of drug-likeness (QED) is 0.301. The highest BCUT2D eigenvalue weighted by molar-refractivity contribution is 14.0. The molecule has 1 fully saturated rings. The Labute approximate surface area is 207 Å². The van der Waals surface area contributed by atoms with E-state index in [9.17, 15) is 12.8 Å². The van der Waals surface area contributed by atoms with Crippen molar-refractivity contribution in [3.8, 4) is 0 Å². The standard InChI is InChI=1S/C23H30FN3O3S.HI/c1-25-22(26-15-19-14-21(24)9-8-18(19)16-31(2,28)29)27-17-23(10-12-30-13-11-23)20-6-4-3-5-7-20;/h3-9,14H,10-13,15-17H2,1-2H3,(H2,25,26,27);1H. The molecule has 1 heterocycles. The second kappa shape index (κ2) is 11.9. The molecule has 6 nitrogen and oxygen atoms in total. The predicted octanol–water partition coefficient (Wildman–Crippen LogP) is 3.40. The van der Waals surface area contributed by atoms with E-state index >= 15 is 0 Å². The Morgan fingerprint density at radius 2 is 1.78 bits per heavy atom. The van der Waals surface area contributed by atoms with Crippen molar-refractivity contribution in [2.45, 2.75) is 30.6 Å². The number of benzene rings is 2. The summed E-state index contributed by atoms with van der Waals surface area (Å²) < 4.78 is 42.8. The molecule has 1 aliphatic heterocycles. The molecule has 2 N–H and O–H groups in total. The largest absolute Gasteiger partial charge is 0.381 e. The summed E-state index contributed by atoms with van der Waals surface area (Å²) in [6.07, 6.45) is 2.98. The van der Waals surface area contributed by atoms with Gasteiger partial charge < -0.3 is 15.4 Å². The molecule has 0 saturated carbocycles. The van der Waals surface area contributed by atoms with Crippen molar-refractivity contribution < 1.29 is 17.5 Å². The van der Waals surface area contributed by atoms with E-state index < -0.39 is 15.7 Å². The Balaban J connectivity index is 0.00000363. The van der Waals surface area contributed by atoms with Crippen LogP contribution in [0.15, 0.2) is 53.5 Å². The first-order chi connectivity index (χ1) is 14.8. The highest BCUT2D eigenvalue weighted by atomic mass is 127. The summed E-state index contributed by atoms with van der Waals surface area (Å²) in [7, 11) is -1.55. The maximum atomic E-state index is 13.8. The third kappa shape index (κ3) is 7.41. The SMILES string of the molecule is CN=C(NCc1cc(F)ccc1CS(C)(=O)=O)NCC1(c2ccccc2)CCOCC1.I. The lowest BCUT2D eigenvalue weighted by atomic mass is 9.74. The summed E-state index contributed by atoms with van der Waals surface area (Å²) in [5.41, 5.74) is 2.38. The van der Waals surface area contributed by atoms with Crippen LogP contribution in [0.4, 0.5) is 4.39 Å². The fraction of sp³-hybridized carbons (Fsp3) is 0.435. The van der Waals surface area contributed by atoms with Crippen molar-refractivity contribution in [2.75, 3.05) is 33.1 Å². The zero-order chi connectivity index (χ0) is 22.3. The molecule has 0 radical (unpaired) electrons. The van der Waals surface area contributed by atoms with Gasteiger partial charge in [-0.15, -0.1) is 24.0 Å². The molecule has 0 bridgehead atoms. The van der Waals surface area contributed by atoms with Crippen LogP contribution in [0.2, 0.25) is 0 Å². The van der Waals surface area contributed by atoms with E-state index in [2.05, 4.69) is 27.8 Å². The van der Waals surface area contributed by atoms with E-state index in [4.69, 9.17) is 4.74 Å². The van der Waals surface area contributed by atoms with E-state index in [1.165, 1.54) is 30.0 Å². The second-order valence-electron chi connectivity index (χ2n) is 8.02. The molecule has 176 valence electrons. The first kappa shape index (κ1) is 26.5. The highest BCUT2D eigenvalue weighted by Gasteiger charge is 2.34. The zero-order valence-electron chi connectivity index (χ0n) is 18.4. The van der Waals surface area contributed by atoms with Crippen LogP contribution in [0, 0.1) is 5.82 Å². The monoisotopic (exact) mass is 575 g/mol. The molecule has 0 amide bonds. The minimum Gasteiger partial charge on any atom is -0.381 e. The lowest BCUT2D eigenvalue weighted by molar-refractivity contribution is 0.0514. The van der Waals surface area contributed by atoms with Crippen molar-refractivity contribution in [1.29, 1.82) is 0 Å². The van der Waals surface area contributed by atoms with E-state index in [1.807, 2.05) is 18.2 Å². The molecule has 32 heavy (non-hydrogen) atoms. The Morgan fingerprint density at radius 3 is 2.41 bits per heavy atom. The van der Waals surface area contributed by atoms with Crippen LogP contribution in [0.3, 0.4) is 0 Å². The average molecular weight is 575 g/mol. The first-order valence-corrected chi connectivity index (χ1v) is 12.4. The summed E-state index contributed by atoms with van der Waals surface area (Å²) in [5, 5.41) is 6.60. The Hall–Kier alpha value is -1.72. The number of halogens is 2. The van der Waals surface area contributed by atoms with E-state index in [0.29, 0.717) is 36.8 Å². The Morgan fingerprint density at radius 1 is 1.09 bits per heavy atom. The third-order valence-corrected chi connectivity index (χ3v) is 6.52. The minimum absolute atomic E-state index is 0. The van der Waals surface area contributed by atoms with Gasteiger partial charge in [0.15, 0.2) is 15.8 Å². The van der Waals surface area contributed by atoms with Crippen molar-refractivity contribution in [2.24, 2.45) is 4.99 Å². The summed E-state index contributed by atoms with van der Waals surface area (Å²) in [6, 6.07) is 14.6. The van der Waals surface area contributed by atoms with Crippen LogP contribution < -0.4 is 10.6 Å². The van der Waals surface area contributed by atoms with Gasteiger partial charge in [-0.1, -0.05) is 36.4 Å². The number of hydrogen-bond donors (Lipinski definition) is 2. The Bertz CT molecular complexity index is 1010. The molecule has 0 aliphatic carbocycles. The molecule has 0 atom stereocenters. The van der Waals surface area contributed by atoms with Crippen LogP contribution in [0.25, 0.3) is 0 Å². The number of ether oxygens (including phenoxy) is 1. The summed E-state index contributed by atoms with van der Waals surface area (Å²) in [6.45, 7) is 2.37. The van der Waals surface area contributed by atoms with Crippen LogP contribution >= 0.6 is 24.0 Å². The van der Waals surface area contributed by atoms with Crippen molar-refractivity contribution in [1.82, 2.24) is 10.6 Å². The van der Waals surface area contributed by atoms with Crippen molar-refractivity contribution >= 4 is 39.8 Å². The van der Waals surface area contributed by atoms with Crippen LogP contribution in [-0.2, 0) is 32.3 Å². The summed E-state index contributed by atoms with van der Waals surface area (Å²) in [4.78, 5) is 4.29. The highest BCUT2D eigenvalue weighted by Crippen LogP contribution is 2.34. The maximum Gasteiger partial charge on any atom is 0.191 e. The molecule has 1 aliphatic rings. The topological polar surface area (TPSA) is 79.8 Å². The van der Waals surface area contributed by atoms with Gasteiger partial charge in [-0.25, -0.2) is 12.8 Å². The molecule has 9 heteroatoms. The van der Waals surface area contributed by atoms with Crippen molar-refractivity contribution in [3.63, 3.8) is 0 Å². The summed E-state index contributed by atoms with van der Waals surface area (Å²) >= 11 is 0. The number of nitrogens with one attached hydrogen (secondary N) is 2. The zero-order valence-corrected chi connectivity index (χ0v) is 21.6. The molecule has 1 saturated heterocycles. The molecule has 0 aromatic heterocycles. The van der Waals surface area contributed by atoms with Gasteiger partial charge in [0.25, 0.3) is 0 Å². The number of rotatable bonds is 7. The molecular weight excluding hydrogens is 544 g/mol. The van der Waals surface area contributed by atoms with Gasteiger partial charge in [-0.2, -0.15) is 0 Å². The maximum absolute atomic E-state index is 13.8. The molecule has 2 aromatic rings. The average Bonchev–Trinajstić information content (AvgIpc) is 2.76. The third-order valence-electron chi connectivity index (χ3n) is 5.69. The smallest absolute Gasteiger partial charge is 0.191 e. The molecule has 2 aromatic carbocycles. The number of aliphatic imine (C=N–C) groups is 1. The van der Waals surface area contributed by atoms with Crippen LogP contribution in [-0.4, -0.2) is 47.4 Å². The lowest BCUT2D eigenvalue weighted by Gasteiger charge is -2.38. The number of nitrogens with zero attached hydrogens (tertiary/aromatic N) is 1. The fourth-order valence-corrected chi connectivity index (χ4v) is 4.80. The number of guanidine groups is 1. The van der Waals surface area contributed by atoms with E-state index in [1.54, 1.807) is 7.05 Å². The van der Waals surface area contributed by atoms with Gasteiger partial charge in [-0.05, 0) is 41.7 Å².